The van der Waals surface area contributed by atoms with Crippen LogP contribution in [0.2, 0.25) is 0 Å². The zero-order valence-corrected chi connectivity index (χ0v) is 14.8. The average molecular weight is 310 g/mol. The molecule has 2 aromatic rings. The van der Waals surface area contributed by atoms with Crippen molar-refractivity contribution < 1.29 is 0 Å². The third-order valence-corrected chi connectivity index (χ3v) is 5.05. The Labute approximate surface area is 141 Å². The summed E-state index contributed by atoms with van der Waals surface area (Å²) in [7, 11) is 0. The number of nitrogens with zero attached hydrogens (tertiary/aromatic N) is 2. The molecule has 1 atom stereocenters. The van der Waals surface area contributed by atoms with Crippen LogP contribution in [0.3, 0.4) is 0 Å². The van der Waals surface area contributed by atoms with Crippen LogP contribution < -0.4 is 0 Å². The van der Waals surface area contributed by atoms with Gasteiger partial charge in [-0.3, -0.25) is 4.90 Å². The fourth-order valence-corrected chi connectivity index (χ4v) is 3.62. The standard InChI is InChI=1S/C21H30N2/c1-4-18-8-10-19(11-9-18)21-20-7-5-13-22(20)14-6-15-23(21)16-12-17(2)3/h5,7-11,13,17,21H,4,6,12,14-16H2,1-3H3. The first-order chi connectivity index (χ1) is 11.2. The number of hydrogen-bond acceptors (Lipinski definition) is 1. The Kier molecular flexibility index (Phi) is 5.22. The van der Waals surface area contributed by atoms with Gasteiger partial charge in [-0.2, -0.15) is 0 Å². The van der Waals surface area contributed by atoms with E-state index in [4.69, 9.17) is 0 Å². The average Bonchev–Trinajstić information content (AvgIpc) is 2.94. The number of hydrogen-bond donors (Lipinski definition) is 0. The van der Waals surface area contributed by atoms with Gasteiger partial charge in [-0.25, -0.2) is 0 Å². The van der Waals surface area contributed by atoms with Crippen LogP contribution in [0.5, 0.6) is 0 Å². The summed E-state index contributed by atoms with van der Waals surface area (Å²) >= 11 is 0. The first-order valence-corrected chi connectivity index (χ1v) is 9.17. The first-order valence-electron chi connectivity index (χ1n) is 9.17. The van der Waals surface area contributed by atoms with Crippen LogP contribution in [0.25, 0.3) is 0 Å². The molecule has 1 aliphatic rings. The minimum atomic E-state index is 0.400. The summed E-state index contributed by atoms with van der Waals surface area (Å²) in [5, 5.41) is 0. The Morgan fingerprint density at radius 2 is 1.87 bits per heavy atom. The van der Waals surface area contributed by atoms with Crippen molar-refractivity contribution in [1.29, 1.82) is 0 Å². The van der Waals surface area contributed by atoms with Crippen molar-refractivity contribution in [3.05, 3.63) is 59.4 Å². The highest BCUT2D eigenvalue weighted by atomic mass is 15.2. The summed E-state index contributed by atoms with van der Waals surface area (Å²) in [5.74, 6) is 0.758. The number of aromatic nitrogens is 1. The van der Waals surface area contributed by atoms with Gasteiger partial charge >= 0.3 is 0 Å². The van der Waals surface area contributed by atoms with Gasteiger partial charge in [-0.05, 0) is 55.0 Å². The van der Waals surface area contributed by atoms with E-state index in [1.807, 2.05) is 0 Å². The van der Waals surface area contributed by atoms with Crippen LogP contribution in [-0.2, 0) is 13.0 Å². The monoisotopic (exact) mass is 310 g/mol. The van der Waals surface area contributed by atoms with E-state index in [9.17, 15) is 0 Å². The van der Waals surface area contributed by atoms with Gasteiger partial charge < -0.3 is 4.57 Å². The van der Waals surface area contributed by atoms with Gasteiger partial charge in [-0.1, -0.05) is 45.0 Å². The Morgan fingerprint density at radius 1 is 1.09 bits per heavy atom. The molecule has 124 valence electrons. The maximum absolute atomic E-state index is 2.69. The van der Waals surface area contributed by atoms with Crippen LogP contribution in [-0.4, -0.2) is 22.6 Å². The van der Waals surface area contributed by atoms with E-state index in [0.717, 1.165) is 18.9 Å². The Bertz CT molecular complexity index is 609. The molecule has 3 rings (SSSR count). The maximum Gasteiger partial charge on any atom is 0.0756 e. The summed E-state index contributed by atoms with van der Waals surface area (Å²) in [4.78, 5) is 2.69. The normalized spacial score (nSPS) is 18.9. The zero-order chi connectivity index (χ0) is 16.2. The minimum Gasteiger partial charge on any atom is -0.350 e. The minimum absolute atomic E-state index is 0.400. The fraction of sp³-hybridized carbons (Fsp3) is 0.524. The lowest BCUT2D eigenvalue weighted by Gasteiger charge is -2.31. The Hall–Kier alpha value is -1.54. The molecule has 0 saturated heterocycles. The molecule has 2 heteroatoms. The van der Waals surface area contributed by atoms with E-state index in [1.165, 1.54) is 42.8 Å². The van der Waals surface area contributed by atoms with Crippen LogP contribution in [0.15, 0.2) is 42.6 Å². The van der Waals surface area contributed by atoms with Crippen molar-refractivity contribution in [2.24, 2.45) is 5.92 Å². The predicted molar refractivity (Wildman–Crippen MR) is 97.7 cm³/mol. The van der Waals surface area contributed by atoms with Gasteiger partial charge in [0.1, 0.15) is 0 Å². The molecule has 0 aliphatic carbocycles. The van der Waals surface area contributed by atoms with Crippen molar-refractivity contribution in [2.45, 2.75) is 52.6 Å². The van der Waals surface area contributed by atoms with E-state index in [-0.39, 0.29) is 0 Å². The molecule has 0 spiro atoms. The van der Waals surface area contributed by atoms with Crippen molar-refractivity contribution >= 4 is 0 Å². The smallest absolute Gasteiger partial charge is 0.0756 e. The molecule has 0 bridgehead atoms. The summed E-state index contributed by atoms with van der Waals surface area (Å²) < 4.78 is 2.45. The highest BCUT2D eigenvalue weighted by Gasteiger charge is 2.26. The second kappa shape index (κ2) is 7.35. The molecule has 1 aromatic carbocycles. The largest absolute Gasteiger partial charge is 0.350 e. The Balaban J connectivity index is 1.94. The van der Waals surface area contributed by atoms with Gasteiger partial charge in [0.2, 0.25) is 0 Å². The van der Waals surface area contributed by atoms with Crippen LogP contribution in [0.1, 0.15) is 56.5 Å². The molecule has 2 heterocycles. The molecule has 0 N–H and O–H groups in total. The van der Waals surface area contributed by atoms with E-state index < -0.39 is 0 Å². The van der Waals surface area contributed by atoms with Crippen LogP contribution in [0.4, 0.5) is 0 Å². The molecule has 23 heavy (non-hydrogen) atoms. The third kappa shape index (κ3) is 3.69. The molecule has 1 aliphatic heterocycles. The summed E-state index contributed by atoms with van der Waals surface area (Å²) in [6, 6.07) is 14.2. The van der Waals surface area contributed by atoms with Gasteiger partial charge in [0.25, 0.3) is 0 Å². The van der Waals surface area contributed by atoms with Crippen molar-refractivity contribution in [3.63, 3.8) is 0 Å². The SMILES string of the molecule is CCc1ccc(C2c3cccn3CCCN2CCC(C)C)cc1. The van der Waals surface area contributed by atoms with Crippen LogP contribution >= 0.6 is 0 Å². The highest BCUT2D eigenvalue weighted by Crippen LogP contribution is 2.32. The van der Waals surface area contributed by atoms with E-state index in [1.54, 1.807) is 0 Å². The van der Waals surface area contributed by atoms with Crippen molar-refractivity contribution in [1.82, 2.24) is 9.47 Å². The van der Waals surface area contributed by atoms with Crippen LogP contribution in [0, 0.1) is 5.92 Å². The molecule has 0 radical (unpaired) electrons. The number of aryl methyl sites for hydroxylation is 2. The van der Waals surface area contributed by atoms with Gasteiger partial charge in [-0.15, -0.1) is 0 Å². The molecular formula is C21H30N2. The highest BCUT2D eigenvalue weighted by molar-refractivity contribution is 5.32. The van der Waals surface area contributed by atoms with Gasteiger partial charge in [0, 0.05) is 25.0 Å². The van der Waals surface area contributed by atoms with E-state index in [0.29, 0.717) is 6.04 Å². The molecule has 1 aromatic heterocycles. The second-order valence-corrected chi connectivity index (χ2v) is 7.20. The lowest BCUT2D eigenvalue weighted by molar-refractivity contribution is 0.216. The number of fused-ring (bicyclic) bond motifs is 1. The molecule has 0 saturated carbocycles. The molecular weight excluding hydrogens is 280 g/mol. The summed E-state index contributed by atoms with van der Waals surface area (Å²) in [6.45, 7) is 10.4. The second-order valence-electron chi connectivity index (χ2n) is 7.20. The molecule has 0 fully saturated rings. The third-order valence-electron chi connectivity index (χ3n) is 5.05. The van der Waals surface area contributed by atoms with Gasteiger partial charge in [0.15, 0.2) is 0 Å². The topological polar surface area (TPSA) is 8.17 Å². The summed E-state index contributed by atoms with van der Waals surface area (Å²) in [5.41, 5.74) is 4.31. The van der Waals surface area contributed by atoms with Gasteiger partial charge in [0.05, 0.1) is 6.04 Å². The maximum atomic E-state index is 2.69. The lowest BCUT2D eigenvalue weighted by Crippen LogP contribution is -2.31. The molecule has 2 nitrogen and oxygen atoms in total. The quantitative estimate of drug-likeness (QED) is 0.763. The lowest BCUT2D eigenvalue weighted by atomic mass is 9.99. The van der Waals surface area contributed by atoms with E-state index in [2.05, 4.69) is 72.8 Å². The zero-order valence-electron chi connectivity index (χ0n) is 14.8. The Morgan fingerprint density at radius 3 is 2.57 bits per heavy atom. The fourth-order valence-electron chi connectivity index (χ4n) is 3.62. The van der Waals surface area contributed by atoms with E-state index >= 15 is 0 Å². The number of benzene rings is 1. The molecule has 0 amide bonds. The molecule has 1 unspecified atom stereocenters. The van der Waals surface area contributed by atoms with Crippen molar-refractivity contribution in [2.75, 3.05) is 13.1 Å². The summed E-state index contributed by atoms with van der Waals surface area (Å²) in [6.07, 6.45) is 5.86. The number of rotatable bonds is 5. The van der Waals surface area contributed by atoms with Crippen molar-refractivity contribution in [3.8, 4) is 0 Å². The predicted octanol–water partition coefficient (Wildman–Crippen LogP) is 4.89. The first kappa shape index (κ1) is 16.3.